The summed E-state index contributed by atoms with van der Waals surface area (Å²) in [4.78, 5) is 18.4. The number of ether oxygens (including phenoxy) is 2. The molecule has 0 N–H and O–H groups in total. The highest BCUT2D eigenvalue weighted by Gasteiger charge is 2.46. The topological polar surface area (TPSA) is 51.7 Å². The van der Waals surface area contributed by atoms with E-state index in [1.807, 2.05) is 11.0 Å². The minimum atomic E-state index is -0.129. The summed E-state index contributed by atoms with van der Waals surface area (Å²) < 4.78 is 11.2. The van der Waals surface area contributed by atoms with E-state index < -0.39 is 0 Å². The zero-order chi connectivity index (χ0) is 14.7. The SMILES string of the molecule is COCC[C@@H]1CO[C@]2(CCN(C(=O)c3cccnc3)C2)C1. The van der Waals surface area contributed by atoms with E-state index in [0.717, 1.165) is 39.0 Å². The predicted octanol–water partition coefficient (Wildman–Crippen LogP) is 1.74. The lowest BCUT2D eigenvalue weighted by Gasteiger charge is -2.23. The van der Waals surface area contributed by atoms with E-state index in [0.29, 0.717) is 18.0 Å². The number of hydrogen-bond acceptors (Lipinski definition) is 4. The van der Waals surface area contributed by atoms with Crippen LogP contribution in [0.2, 0.25) is 0 Å². The molecule has 21 heavy (non-hydrogen) atoms. The molecule has 2 atom stereocenters. The van der Waals surface area contributed by atoms with Gasteiger partial charge in [-0.1, -0.05) is 0 Å². The molecule has 1 aromatic heterocycles. The molecule has 0 aliphatic carbocycles. The molecule has 3 heterocycles. The third-order valence-electron chi connectivity index (χ3n) is 4.53. The number of likely N-dealkylation sites (tertiary alicyclic amines) is 1. The summed E-state index contributed by atoms with van der Waals surface area (Å²) in [5.74, 6) is 0.613. The Labute approximate surface area is 125 Å². The van der Waals surface area contributed by atoms with Crippen molar-refractivity contribution in [3.8, 4) is 0 Å². The monoisotopic (exact) mass is 290 g/mol. The highest BCUT2D eigenvalue weighted by Crippen LogP contribution is 2.39. The van der Waals surface area contributed by atoms with Crippen LogP contribution in [0.4, 0.5) is 0 Å². The van der Waals surface area contributed by atoms with E-state index in [4.69, 9.17) is 9.47 Å². The van der Waals surface area contributed by atoms with Crippen molar-refractivity contribution in [2.24, 2.45) is 5.92 Å². The molecule has 114 valence electrons. The Morgan fingerprint density at radius 3 is 3.29 bits per heavy atom. The first-order valence-electron chi connectivity index (χ1n) is 7.55. The van der Waals surface area contributed by atoms with Gasteiger partial charge in [0, 0.05) is 32.7 Å². The molecule has 0 aromatic carbocycles. The van der Waals surface area contributed by atoms with Crippen LogP contribution < -0.4 is 0 Å². The predicted molar refractivity (Wildman–Crippen MR) is 78.0 cm³/mol. The van der Waals surface area contributed by atoms with Crippen molar-refractivity contribution >= 4 is 5.91 Å². The van der Waals surface area contributed by atoms with Crippen molar-refractivity contribution in [3.05, 3.63) is 30.1 Å². The summed E-state index contributed by atoms with van der Waals surface area (Å²) in [5.41, 5.74) is 0.527. The number of carbonyl (C=O) groups is 1. The van der Waals surface area contributed by atoms with Crippen LogP contribution in [0, 0.1) is 5.92 Å². The molecule has 0 bridgehead atoms. The highest BCUT2D eigenvalue weighted by atomic mass is 16.5. The van der Waals surface area contributed by atoms with Gasteiger partial charge >= 0.3 is 0 Å². The van der Waals surface area contributed by atoms with Crippen LogP contribution in [0.15, 0.2) is 24.5 Å². The molecule has 5 nitrogen and oxygen atoms in total. The van der Waals surface area contributed by atoms with E-state index in [1.54, 1.807) is 25.6 Å². The largest absolute Gasteiger partial charge is 0.385 e. The zero-order valence-electron chi connectivity index (χ0n) is 12.5. The van der Waals surface area contributed by atoms with Crippen LogP contribution in [0.1, 0.15) is 29.6 Å². The molecule has 1 aromatic rings. The van der Waals surface area contributed by atoms with Crippen molar-refractivity contribution < 1.29 is 14.3 Å². The lowest BCUT2D eigenvalue weighted by molar-refractivity contribution is 0.0113. The van der Waals surface area contributed by atoms with E-state index >= 15 is 0 Å². The van der Waals surface area contributed by atoms with Gasteiger partial charge in [0.05, 0.1) is 24.3 Å². The highest BCUT2D eigenvalue weighted by molar-refractivity contribution is 5.94. The number of aromatic nitrogens is 1. The normalized spacial score (nSPS) is 28.4. The van der Waals surface area contributed by atoms with Crippen molar-refractivity contribution in [2.75, 3.05) is 33.4 Å². The molecule has 2 fully saturated rings. The Morgan fingerprint density at radius 2 is 2.52 bits per heavy atom. The number of carbonyl (C=O) groups excluding carboxylic acids is 1. The number of rotatable bonds is 4. The molecule has 2 aliphatic heterocycles. The maximum absolute atomic E-state index is 12.5. The quantitative estimate of drug-likeness (QED) is 0.847. The molecular weight excluding hydrogens is 268 g/mol. The maximum atomic E-state index is 12.5. The first-order valence-corrected chi connectivity index (χ1v) is 7.55. The van der Waals surface area contributed by atoms with Crippen LogP contribution in [0.3, 0.4) is 0 Å². The zero-order valence-corrected chi connectivity index (χ0v) is 12.5. The third kappa shape index (κ3) is 3.09. The summed E-state index contributed by atoms with van der Waals surface area (Å²) in [6, 6.07) is 3.61. The van der Waals surface area contributed by atoms with Gasteiger partial charge in [0.2, 0.25) is 0 Å². The summed E-state index contributed by atoms with van der Waals surface area (Å²) in [5, 5.41) is 0. The molecule has 0 saturated carbocycles. The first kappa shape index (κ1) is 14.5. The van der Waals surface area contributed by atoms with Gasteiger partial charge in [-0.15, -0.1) is 0 Å². The average Bonchev–Trinajstić information content (AvgIpc) is 3.13. The summed E-state index contributed by atoms with van der Waals surface area (Å²) >= 11 is 0. The van der Waals surface area contributed by atoms with Gasteiger partial charge in [-0.2, -0.15) is 0 Å². The van der Waals surface area contributed by atoms with Crippen LogP contribution in [-0.2, 0) is 9.47 Å². The van der Waals surface area contributed by atoms with Crippen molar-refractivity contribution in [1.82, 2.24) is 9.88 Å². The average molecular weight is 290 g/mol. The molecule has 1 spiro atoms. The Hall–Kier alpha value is -1.46. The molecule has 3 rings (SSSR count). The van der Waals surface area contributed by atoms with Gasteiger partial charge in [-0.25, -0.2) is 0 Å². The number of methoxy groups -OCH3 is 1. The smallest absolute Gasteiger partial charge is 0.255 e. The van der Waals surface area contributed by atoms with Crippen LogP contribution in [-0.4, -0.2) is 54.8 Å². The Balaban J connectivity index is 1.60. The van der Waals surface area contributed by atoms with Gasteiger partial charge in [-0.3, -0.25) is 9.78 Å². The lowest BCUT2D eigenvalue weighted by atomic mass is 9.92. The Bertz CT molecular complexity index is 494. The van der Waals surface area contributed by atoms with Crippen molar-refractivity contribution in [2.45, 2.75) is 24.9 Å². The Morgan fingerprint density at radius 1 is 1.62 bits per heavy atom. The maximum Gasteiger partial charge on any atom is 0.255 e. The van der Waals surface area contributed by atoms with Crippen LogP contribution >= 0.6 is 0 Å². The number of amides is 1. The van der Waals surface area contributed by atoms with E-state index in [9.17, 15) is 4.79 Å². The fraction of sp³-hybridized carbons (Fsp3) is 0.625. The summed E-state index contributed by atoms with van der Waals surface area (Å²) in [6.45, 7) is 3.04. The van der Waals surface area contributed by atoms with Gasteiger partial charge < -0.3 is 14.4 Å². The van der Waals surface area contributed by atoms with Crippen molar-refractivity contribution in [3.63, 3.8) is 0 Å². The van der Waals surface area contributed by atoms with Gasteiger partial charge in [0.1, 0.15) is 0 Å². The molecule has 2 saturated heterocycles. The number of nitrogens with zero attached hydrogens (tertiary/aromatic N) is 2. The lowest BCUT2D eigenvalue weighted by Crippen LogP contribution is -2.35. The fourth-order valence-electron chi connectivity index (χ4n) is 3.38. The molecule has 1 amide bonds. The van der Waals surface area contributed by atoms with E-state index in [1.165, 1.54) is 0 Å². The second-order valence-electron chi connectivity index (χ2n) is 6.06. The van der Waals surface area contributed by atoms with Crippen LogP contribution in [0.25, 0.3) is 0 Å². The standard InChI is InChI=1S/C16H22N2O3/c1-20-8-4-13-9-16(21-11-13)5-7-18(12-16)15(19)14-3-2-6-17-10-14/h2-3,6,10,13H,4-5,7-9,11-12H2,1H3/t13-,16+/m0/s1. The molecule has 2 aliphatic rings. The van der Waals surface area contributed by atoms with Gasteiger partial charge in [0.15, 0.2) is 0 Å². The molecule has 0 radical (unpaired) electrons. The van der Waals surface area contributed by atoms with Crippen molar-refractivity contribution in [1.29, 1.82) is 0 Å². The van der Waals surface area contributed by atoms with Gasteiger partial charge in [-0.05, 0) is 37.3 Å². The van der Waals surface area contributed by atoms with Gasteiger partial charge in [0.25, 0.3) is 5.91 Å². The third-order valence-corrected chi connectivity index (χ3v) is 4.53. The van der Waals surface area contributed by atoms with E-state index in [-0.39, 0.29) is 11.5 Å². The Kier molecular flexibility index (Phi) is 4.22. The number of hydrogen-bond donors (Lipinski definition) is 0. The molecular formula is C16H22N2O3. The van der Waals surface area contributed by atoms with Crippen LogP contribution in [0.5, 0.6) is 0 Å². The number of pyridine rings is 1. The second-order valence-corrected chi connectivity index (χ2v) is 6.06. The molecule has 5 heteroatoms. The minimum absolute atomic E-state index is 0.0592. The fourth-order valence-corrected chi connectivity index (χ4v) is 3.38. The first-order chi connectivity index (χ1) is 10.2. The summed E-state index contributed by atoms with van der Waals surface area (Å²) in [7, 11) is 1.73. The molecule has 0 unspecified atom stereocenters. The minimum Gasteiger partial charge on any atom is -0.385 e. The second kappa shape index (κ2) is 6.12. The van der Waals surface area contributed by atoms with E-state index in [2.05, 4.69) is 4.98 Å². The summed E-state index contributed by atoms with van der Waals surface area (Å²) in [6.07, 6.45) is 6.32.